The van der Waals surface area contributed by atoms with Crippen molar-refractivity contribution in [3.8, 4) is 0 Å². The zero-order valence-electron chi connectivity index (χ0n) is 19.1. The van der Waals surface area contributed by atoms with Crippen LogP contribution in [-0.2, 0) is 29.0 Å². The zero-order valence-corrected chi connectivity index (χ0v) is 19.9. The normalized spacial score (nSPS) is 11.8. The van der Waals surface area contributed by atoms with Crippen molar-refractivity contribution < 1.29 is 18.4 Å². The van der Waals surface area contributed by atoms with Crippen molar-refractivity contribution in [1.29, 1.82) is 0 Å². The Balaban J connectivity index is 2.02. The van der Waals surface area contributed by atoms with E-state index >= 15 is 0 Å². The number of nitrogens with one attached hydrogen (secondary N) is 1. The van der Waals surface area contributed by atoms with E-state index in [1.54, 1.807) is 18.2 Å². The van der Waals surface area contributed by atoms with Gasteiger partial charge in [0.1, 0.15) is 17.7 Å². The number of benzene rings is 3. The molecule has 0 spiro atoms. The molecule has 1 unspecified atom stereocenters. The van der Waals surface area contributed by atoms with Gasteiger partial charge in [0, 0.05) is 35.2 Å². The lowest BCUT2D eigenvalue weighted by molar-refractivity contribution is -0.141. The molecule has 0 fully saturated rings. The van der Waals surface area contributed by atoms with E-state index in [0.29, 0.717) is 0 Å². The van der Waals surface area contributed by atoms with Crippen LogP contribution in [0, 0.1) is 11.6 Å². The Hall–Kier alpha value is -3.25. The quantitative estimate of drug-likeness (QED) is 0.446. The Labute approximate surface area is 203 Å². The summed E-state index contributed by atoms with van der Waals surface area (Å²) in [6, 6.07) is 18.4. The van der Waals surface area contributed by atoms with Crippen LogP contribution in [-0.4, -0.2) is 28.8 Å². The molecule has 3 aromatic carbocycles. The number of amides is 2. The molecule has 0 heterocycles. The third-order valence-corrected chi connectivity index (χ3v) is 5.74. The van der Waals surface area contributed by atoms with Crippen LogP contribution in [0.25, 0.3) is 0 Å². The second-order valence-electron chi connectivity index (χ2n) is 8.36. The summed E-state index contributed by atoms with van der Waals surface area (Å²) in [5.41, 5.74) is 1.13. The molecular formula is C27H27ClF2N2O2. The first-order valence-corrected chi connectivity index (χ1v) is 11.4. The van der Waals surface area contributed by atoms with Crippen LogP contribution in [0.15, 0.2) is 72.8 Å². The summed E-state index contributed by atoms with van der Waals surface area (Å²) in [5, 5.41) is 2.97. The van der Waals surface area contributed by atoms with Gasteiger partial charge < -0.3 is 10.2 Å². The summed E-state index contributed by atoms with van der Waals surface area (Å²) in [7, 11) is 0. The van der Waals surface area contributed by atoms with Crippen LogP contribution in [0.4, 0.5) is 8.78 Å². The molecule has 0 aromatic heterocycles. The number of nitrogens with zero attached hydrogens (tertiary/aromatic N) is 1. The fourth-order valence-electron chi connectivity index (χ4n) is 3.70. The minimum absolute atomic E-state index is 0.0374. The molecule has 34 heavy (non-hydrogen) atoms. The molecular weight excluding hydrogens is 458 g/mol. The molecule has 0 aliphatic carbocycles. The van der Waals surface area contributed by atoms with Crippen LogP contribution in [0.2, 0.25) is 5.02 Å². The molecule has 178 valence electrons. The summed E-state index contributed by atoms with van der Waals surface area (Å²) in [4.78, 5) is 28.1. The molecule has 3 aromatic rings. The number of rotatable bonds is 9. The molecule has 1 N–H and O–H groups in total. The average Bonchev–Trinajstić information content (AvgIpc) is 2.80. The predicted molar refractivity (Wildman–Crippen MR) is 129 cm³/mol. The molecule has 0 saturated carbocycles. The largest absolute Gasteiger partial charge is 0.352 e. The van der Waals surface area contributed by atoms with Crippen molar-refractivity contribution in [3.05, 3.63) is 106 Å². The number of hydrogen-bond donors (Lipinski definition) is 1. The highest BCUT2D eigenvalue weighted by Crippen LogP contribution is 2.23. The summed E-state index contributed by atoms with van der Waals surface area (Å²) >= 11 is 6.15. The fraction of sp³-hybridized carbons (Fsp3) is 0.259. The standard InChI is InChI=1S/C27H27ClF2N2O2/c1-18(2)31-27(34)25(15-19-9-4-3-5-10-19)32(17-20-11-6-7-13-23(20)29)26(33)16-21-22(28)12-8-14-24(21)30/h3-14,18,25H,15-17H2,1-2H3,(H,31,34). The molecule has 2 amide bonds. The summed E-state index contributed by atoms with van der Waals surface area (Å²) in [6.45, 7) is 3.49. The molecule has 7 heteroatoms. The lowest BCUT2D eigenvalue weighted by Gasteiger charge is -2.32. The first-order chi connectivity index (χ1) is 16.3. The second-order valence-corrected chi connectivity index (χ2v) is 8.77. The number of carbonyl (C=O) groups is 2. The molecule has 0 radical (unpaired) electrons. The maximum atomic E-state index is 14.6. The van der Waals surface area contributed by atoms with Gasteiger partial charge in [-0.05, 0) is 37.6 Å². The first kappa shape index (κ1) is 25.4. The third kappa shape index (κ3) is 6.64. The van der Waals surface area contributed by atoms with Gasteiger partial charge in [0.2, 0.25) is 11.8 Å². The maximum Gasteiger partial charge on any atom is 0.243 e. The van der Waals surface area contributed by atoms with Crippen molar-refractivity contribution in [2.24, 2.45) is 0 Å². The van der Waals surface area contributed by atoms with Gasteiger partial charge in [0.25, 0.3) is 0 Å². The average molecular weight is 485 g/mol. The van der Waals surface area contributed by atoms with E-state index in [0.717, 1.165) is 5.56 Å². The van der Waals surface area contributed by atoms with E-state index in [-0.39, 0.29) is 47.5 Å². The van der Waals surface area contributed by atoms with Gasteiger partial charge in [-0.3, -0.25) is 9.59 Å². The van der Waals surface area contributed by atoms with Gasteiger partial charge in [-0.2, -0.15) is 0 Å². The van der Waals surface area contributed by atoms with E-state index in [1.165, 1.54) is 29.2 Å². The number of hydrogen-bond acceptors (Lipinski definition) is 2. The van der Waals surface area contributed by atoms with Crippen molar-refractivity contribution in [1.82, 2.24) is 10.2 Å². The minimum atomic E-state index is -0.942. The lowest BCUT2D eigenvalue weighted by Crippen LogP contribution is -2.52. The highest BCUT2D eigenvalue weighted by atomic mass is 35.5. The van der Waals surface area contributed by atoms with Crippen LogP contribution < -0.4 is 5.32 Å². The second kappa shape index (κ2) is 11.7. The molecule has 0 bridgehead atoms. The van der Waals surface area contributed by atoms with Gasteiger partial charge >= 0.3 is 0 Å². The zero-order chi connectivity index (χ0) is 24.7. The van der Waals surface area contributed by atoms with E-state index in [9.17, 15) is 18.4 Å². The van der Waals surface area contributed by atoms with E-state index < -0.39 is 23.6 Å². The highest BCUT2D eigenvalue weighted by Gasteiger charge is 2.32. The van der Waals surface area contributed by atoms with Crippen molar-refractivity contribution in [2.45, 2.75) is 45.3 Å². The topological polar surface area (TPSA) is 49.4 Å². The van der Waals surface area contributed by atoms with Gasteiger partial charge in [-0.1, -0.05) is 66.2 Å². The van der Waals surface area contributed by atoms with E-state index in [2.05, 4.69) is 5.32 Å². The van der Waals surface area contributed by atoms with E-state index in [1.807, 2.05) is 44.2 Å². The van der Waals surface area contributed by atoms with Gasteiger partial charge in [0.05, 0.1) is 6.42 Å². The molecule has 0 saturated heterocycles. The summed E-state index contributed by atoms with van der Waals surface area (Å²) < 4.78 is 29.0. The van der Waals surface area contributed by atoms with Gasteiger partial charge in [-0.15, -0.1) is 0 Å². The van der Waals surface area contributed by atoms with Crippen LogP contribution >= 0.6 is 11.6 Å². The molecule has 0 aliphatic heterocycles. The first-order valence-electron chi connectivity index (χ1n) is 11.1. The van der Waals surface area contributed by atoms with Gasteiger partial charge in [0.15, 0.2) is 0 Å². The third-order valence-electron chi connectivity index (χ3n) is 5.39. The molecule has 3 rings (SSSR count). The number of halogens is 3. The number of carbonyl (C=O) groups excluding carboxylic acids is 2. The van der Waals surface area contributed by atoms with Crippen LogP contribution in [0.3, 0.4) is 0 Å². The Morgan fingerprint density at radius 3 is 2.21 bits per heavy atom. The molecule has 4 nitrogen and oxygen atoms in total. The lowest BCUT2D eigenvalue weighted by atomic mass is 10.0. The Morgan fingerprint density at radius 1 is 0.912 bits per heavy atom. The smallest absolute Gasteiger partial charge is 0.243 e. The van der Waals surface area contributed by atoms with Crippen molar-refractivity contribution in [2.75, 3.05) is 0 Å². The van der Waals surface area contributed by atoms with Crippen LogP contribution in [0.1, 0.15) is 30.5 Å². The molecule has 1 atom stereocenters. The van der Waals surface area contributed by atoms with Crippen molar-refractivity contribution >= 4 is 23.4 Å². The summed E-state index contributed by atoms with van der Waals surface area (Å²) in [6.07, 6.45) is -0.148. The fourth-order valence-corrected chi connectivity index (χ4v) is 3.93. The Kier molecular flexibility index (Phi) is 8.77. The van der Waals surface area contributed by atoms with Crippen LogP contribution in [0.5, 0.6) is 0 Å². The predicted octanol–water partition coefficient (Wildman–Crippen LogP) is 5.33. The Morgan fingerprint density at radius 2 is 1.56 bits per heavy atom. The molecule has 0 aliphatic rings. The highest BCUT2D eigenvalue weighted by molar-refractivity contribution is 6.31. The monoisotopic (exact) mass is 484 g/mol. The summed E-state index contributed by atoms with van der Waals surface area (Å²) in [5.74, 6) is -2.01. The van der Waals surface area contributed by atoms with Crippen molar-refractivity contribution in [3.63, 3.8) is 0 Å². The van der Waals surface area contributed by atoms with E-state index in [4.69, 9.17) is 11.6 Å². The van der Waals surface area contributed by atoms with Gasteiger partial charge in [-0.25, -0.2) is 8.78 Å². The maximum absolute atomic E-state index is 14.6. The Bertz CT molecular complexity index is 1120. The minimum Gasteiger partial charge on any atom is -0.352 e. The SMILES string of the molecule is CC(C)NC(=O)C(Cc1ccccc1)N(Cc1ccccc1F)C(=O)Cc1c(F)cccc1Cl.